The van der Waals surface area contributed by atoms with Crippen molar-refractivity contribution in [2.45, 2.75) is 32.6 Å². The van der Waals surface area contributed by atoms with Crippen LogP contribution in [0.25, 0.3) is 0 Å². The summed E-state index contributed by atoms with van der Waals surface area (Å²) in [4.78, 5) is 2.46. The highest BCUT2D eigenvalue weighted by molar-refractivity contribution is 4.74. The Morgan fingerprint density at radius 2 is 1.88 bits per heavy atom. The first-order chi connectivity index (χ1) is 7.88. The lowest BCUT2D eigenvalue weighted by molar-refractivity contribution is 0.00649. The van der Waals surface area contributed by atoms with Crippen molar-refractivity contribution in [2.24, 2.45) is 11.8 Å². The zero-order valence-corrected chi connectivity index (χ0v) is 10.6. The Labute approximate surface area is 99.5 Å². The highest BCUT2D eigenvalue weighted by Crippen LogP contribution is 2.28. The maximum Gasteiger partial charge on any atom is 0.0990 e. The third-order valence-corrected chi connectivity index (χ3v) is 3.71. The van der Waals surface area contributed by atoms with Crippen LogP contribution in [0.15, 0.2) is 0 Å². The van der Waals surface area contributed by atoms with Gasteiger partial charge in [0.2, 0.25) is 0 Å². The molecule has 2 fully saturated rings. The summed E-state index contributed by atoms with van der Waals surface area (Å²) in [6.45, 7) is 8.79. The fourth-order valence-electron chi connectivity index (χ4n) is 2.30. The van der Waals surface area contributed by atoms with Gasteiger partial charge in [0.1, 0.15) is 0 Å². The van der Waals surface area contributed by atoms with Crippen LogP contribution >= 0.6 is 0 Å². The van der Waals surface area contributed by atoms with Gasteiger partial charge in [-0.15, -0.1) is 0 Å². The third kappa shape index (κ3) is 4.40. The molecule has 0 aromatic heterocycles. The fourth-order valence-corrected chi connectivity index (χ4v) is 2.30. The van der Waals surface area contributed by atoms with Gasteiger partial charge in [0.15, 0.2) is 0 Å². The Balaban J connectivity index is 1.50. The molecule has 2 rings (SSSR count). The normalized spacial score (nSPS) is 23.8. The molecule has 1 heterocycles. The summed E-state index contributed by atoms with van der Waals surface area (Å²) in [5.74, 6) is 1.78. The minimum atomic E-state index is 0.866. The van der Waals surface area contributed by atoms with Crippen LogP contribution in [0.2, 0.25) is 0 Å². The molecule has 0 radical (unpaired) electrons. The van der Waals surface area contributed by atoms with Gasteiger partial charge in [-0.25, -0.2) is 0 Å². The topological polar surface area (TPSA) is 24.5 Å². The average Bonchev–Trinajstić information content (AvgIpc) is 3.12. The van der Waals surface area contributed by atoms with Gasteiger partial charge < -0.3 is 10.1 Å². The molecule has 0 unspecified atom stereocenters. The van der Waals surface area contributed by atoms with Gasteiger partial charge in [0.25, 0.3) is 0 Å². The van der Waals surface area contributed by atoms with Crippen LogP contribution in [0.4, 0.5) is 0 Å². The molecule has 94 valence electrons. The molecule has 3 heteroatoms. The number of nitrogens with zero attached hydrogens (tertiary/aromatic N) is 1. The summed E-state index contributed by atoms with van der Waals surface area (Å²) in [5.41, 5.74) is 0. The third-order valence-electron chi connectivity index (χ3n) is 3.71. The molecule has 1 saturated carbocycles. The second kappa shape index (κ2) is 6.58. The quantitative estimate of drug-likeness (QED) is 0.715. The molecule has 1 saturated heterocycles. The molecule has 1 aliphatic heterocycles. The van der Waals surface area contributed by atoms with Crippen molar-refractivity contribution in [1.82, 2.24) is 10.2 Å². The molecule has 0 atom stereocenters. The summed E-state index contributed by atoms with van der Waals surface area (Å²) in [7, 11) is 0. The van der Waals surface area contributed by atoms with Gasteiger partial charge in [-0.2, -0.15) is 0 Å². The maximum atomic E-state index is 5.72. The van der Waals surface area contributed by atoms with Crippen molar-refractivity contribution in [3.63, 3.8) is 0 Å². The molecule has 2 aliphatic rings. The van der Waals surface area contributed by atoms with E-state index < -0.39 is 0 Å². The van der Waals surface area contributed by atoms with Gasteiger partial charge in [-0.3, -0.25) is 4.90 Å². The summed E-state index contributed by atoms with van der Waals surface area (Å²) in [6, 6.07) is 0. The first-order valence-corrected chi connectivity index (χ1v) is 6.89. The molecule has 0 aromatic carbocycles. The van der Waals surface area contributed by atoms with Crippen molar-refractivity contribution >= 4 is 0 Å². The number of hydrogen-bond donors (Lipinski definition) is 1. The monoisotopic (exact) mass is 226 g/mol. The first kappa shape index (κ1) is 12.3. The Morgan fingerprint density at radius 3 is 2.50 bits per heavy atom. The van der Waals surface area contributed by atoms with E-state index in [0.717, 1.165) is 31.7 Å². The summed E-state index contributed by atoms with van der Waals surface area (Å²) in [5, 5.41) is 3.45. The average molecular weight is 226 g/mol. The lowest BCUT2D eigenvalue weighted by atomic mass is 9.97. The summed E-state index contributed by atoms with van der Waals surface area (Å²) in [6.07, 6.45) is 5.45. The van der Waals surface area contributed by atoms with Crippen molar-refractivity contribution in [1.29, 1.82) is 0 Å². The zero-order valence-electron chi connectivity index (χ0n) is 10.6. The maximum absolute atomic E-state index is 5.72. The van der Waals surface area contributed by atoms with E-state index in [2.05, 4.69) is 17.1 Å². The molecule has 0 amide bonds. The zero-order chi connectivity index (χ0) is 11.2. The molecule has 0 spiro atoms. The number of nitrogens with one attached hydrogen (secondary N) is 1. The van der Waals surface area contributed by atoms with Gasteiger partial charge in [-0.05, 0) is 50.6 Å². The van der Waals surface area contributed by atoms with Gasteiger partial charge in [0.05, 0.1) is 13.3 Å². The molecule has 3 nitrogen and oxygen atoms in total. The van der Waals surface area contributed by atoms with E-state index in [4.69, 9.17) is 4.74 Å². The largest absolute Gasteiger partial charge is 0.366 e. The van der Waals surface area contributed by atoms with Crippen molar-refractivity contribution in [2.75, 3.05) is 39.5 Å². The van der Waals surface area contributed by atoms with Crippen LogP contribution in [-0.2, 0) is 4.74 Å². The predicted molar refractivity (Wildman–Crippen MR) is 66.4 cm³/mol. The Morgan fingerprint density at radius 1 is 1.12 bits per heavy atom. The van der Waals surface area contributed by atoms with Crippen LogP contribution < -0.4 is 5.32 Å². The molecule has 1 aliphatic carbocycles. The molecule has 0 aromatic rings. The summed E-state index contributed by atoms with van der Waals surface area (Å²) >= 11 is 0. The standard InChI is InChI=1S/C13H26N2O/c1-2-14-9-12-5-7-15(8-6-12)11-16-10-13-3-4-13/h12-14H,2-11H2,1H3. The lowest BCUT2D eigenvalue weighted by Crippen LogP contribution is -2.38. The van der Waals surface area contributed by atoms with Crippen LogP contribution in [0.3, 0.4) is 0 Å². The van der Waals surface area contributed by atoms with E-state index in [1.165, 1.54) is 45.3 Å². The van der Waals surface area contributed by atoms with Crippen LogP contribution in [0, 0.1) is 11.8 Å². The number of rotatable bonds is 7. The second-order valence-corrected chi connectivity index (χ2v) is 5.31. The van der Waals surface area contributed by atoms with Crippen molar-refractivity contribution < 1.29 is 4.74 Å². The predicted octanol–water partition coefficient (Wildman–Crippen LogP) is 1.69. The van der Waals surface area contributed by atoms with Gasteiger partial charge >= 0.3 is 0 Å². The van der Waals surface area contributed by atoms with Gasteiger partial charge in [-0.1, -0.05) is 6.92 Å². The molecule has 1 N–H and O–H groups in total. The molecular weight excluding hydrogens is 200 g/mol. The molecular formula is C13H26N2O. The molecule has 16 heavy (non-hydrogen) atoms. The van der Waals surface area contributed by atoms with Gasteiger partial charge in [0, 0.05) is 13.1 Å². The van der Waals surface area contributed by atoms with E-state index in [0.29, 0.717) is 0 Å². The van der Waals surface area contributed by atoms with E-state index in [1.807, 2.05) is 0 Å². The highest BCUT2D eigenvalue weighted by atomic mass is 16.5. The highest BCUT2D eigenvalue weighted by Gasteiger charge is 2.22. The number of hydrogen-bond acceptors (Lipinski definition) is 3. The van der Waals surface area contributed by atoms with Crippen LogP contribution in [-0.4, -0.2) is 44.4 Å². The smallest absolute Gasteiger partial charge is 0.0990 e. The second-order valence-electron chi connectivity index (χ2n) is 5.31. The van der Waals surface area contributed by atoms with E-state index >= 15 is 0 Å². The first-order valence-electron chi connectivity index (χ1n) is 6.89. The van der Waals surface area contributed by atoms with Crippen molar-refractivity contribution in [3.05, 3.63) is 0 Å². The van der Waals surface area contributed by atoms with E-state index in [1.54, 1.807) is 0 Å². The van der Waals surface area contributed by atoms with Crippen LogP contribution in [0.5, 0.6) is 0 Å². The lowest BCUT2D eigenvalue weighted by Gasteiger charge is -2.31. The van der Waals surface area contributed by atoms with E-state index in [-0.39, 0.29) is 0 Å². The van der Waals surface area contributed by atoms with Crippen molar-refractivity contribution in [3.8, 4) is 0 Å². The Hall–Kier alpha value is -0.120. The minimum Gasteiger partial charge on any atom is -0.366 e. The number of likely N-dealkylation sites (tertiary alicyclic amines) is 1. The molecule has 0 bridgehead atoms. The van der Waals surface area contributed by atoms with Crippen LogP contribution in [0.1, 0.15) is 32.6 Å². The Bertz CT molecular complexity index is 186. The SMILES string of the molecule is CCNCC1CCN(COCC2CC2)CC1. The Kier molecular flexibility index (Phi) is 5.07. The minimum absolute atomic E-state index is 0.866. The summed E-state index contributed by atoms with van der Waals surface area (Å²) < 4.78 is 5.72. The van der Waals surface area contributed by atoms with E-state index in [9.17, 15) is 0 Å². The fraction of sp³-hybridized carbons (Fsp3) is 1.00. The number of piperidine rings is 1. The number of ether oxygens (including phenoxy) is 1.